The molecule has 3 aromatic heterocycles. The van der Waals surface area contributed by atoms with Gasteiger partial charge >= 0.3 is 5.97 Å². The van der Waals surface area contributed by atoms with Crippen molar-refractivity contribution in [3.8, 4) is 0 Å². The van der Waals surface area contributed by atoms with Crippen molar-refractivity contribution in [2.75, 3.05) is 31.1 Å². The molecule has 136 valence electrons. The molecule has 5 rings (SSSR count). The van der Waals surface area contributed by atoms with Gasteiger partial charge in [-0.15, -0.1) is 0 Å². The summed E-state index contributed by atoms with van der Waals surface area (Å²) >= 11 is 0. The van der Waals surface area contributed by atoms with Crippen LogP contribution in [-0.4, -0.2) is 51.6 Å². The van der Waals surface area contributed by atoms with Gasteiger partial charge in [0.25, 0.3) is 0 Å². The summed E-state index contributed by atoms with van der Waals surface area (Å²) in [5.41, 5.74) is 2.98. The predicted octanol–water partition coefficient (Wildman–Crippen LogP) is 2.53. The molecule has 1 aliphatic rings. The summed E-state index contributed by atoms with van der Waals surface area (Å²) in [4.78, 5) is 23.6. The number of fused-ring (bicyclic) bond motifs is 5. The molecule has 0 bridgehead atoms. The highest BCUT2D eigenvalue weighted by molar-refractivity contribution is 6.02. The zero-order valence-corrected chi connectivity index (χ0v) is 14.7. The van der Waals surface area contributed by atoms with Gasteiger partial charge in [0.05, 0.1) is 11.0 Å². The van der Waals surface area contributed by atoms with Crippen LogP contribution in [0.4, 0.5) is 5.82 Å². The summed E-state index contributed by atoms with van der Waals surface area (Å²) in [6.45, 7) is 3.80. The number of aromatic carboxylic acids is 1. The molecule has 0 saturated carbocycles. The van der Waals surface area contributed by atoms with Crippen LogP contribution in [0.3, 0.4) is 0 Å². The number of carbonyl (C=O) groups is 1. The van der Waals surface area contributed by atoms with Crippen LogP contribution in [0, 0.1) is 0 Å². The quantitative estimate of drug-likeness (QED) is 0.571. The molecule has 7 heteroatoms. The van der Waals surface area contributed by atoms with Crippen molar-refractivity contribution in [3.05, 3.63) is 48.0 Å². The number of para-hydroxylation sites is 2. The van der Waals surface area contributed by atoms with Gasteiger partial charge in [-0.2, -0.15) is 0 Å². The Balaban J connectivity index is 1.82. The third kappa shape index (κ3) is 2.59. The van der Waals surface area contributed by atoms with Crippen LogP contribution in [0.25, 0.3) is 27.7 Å². The van der Waals surface area contributed by atoms with Crippen LogP contribution in [0.5, 0.6) is 0 Å². The van der Waals surface area contributed by atoms with E-state index in [1.165, 1.54) is 0 Å². The van der Waals surface area contributed by atoms with Crippen molar-refractivity contribution in [1.29, 1.82) is 0 Å². The number of aromatic nitrogens is 3. The first-order valence-corrected chi connectivity index (χ1v) is 9.12. The number of hydrogen-bond donors (Lipinski definition) is 2. The van der Waals surface area contributed by atoms with E-state index in [1.807, 2.05) is 40.8 Å². The molecule has 0 unspecified atom stereocenters. The third-order valence-corrected chi connectivity index (χ3v) is 5.10. The number of nitrogens with zero attached hydrogens (tertiary/aromatic N) is 4. The average Bonchev–Trinajstić information content (AvgIpc) is 2.86. The van der Waals surface area contributed by atoms with Gasteiger partial charge in [0.15, 0.2) is 5.65 Å². The Bertz CT molecular complexity index is 1180. The first-order valence-electron chi connectivity index (χ1n) is 9.12. The molecular formula is C20H19N5O2. The Kier molecular flexibility index (Phi) is 3.68. The van der Waals surface area contributed by atoms with Gasteiger partial charge in [-0.25, -0.2) is 14.8 Å². The number of carboxylic acid groups (broad SMARTS) is 1. The minimum Gasteiger partial charge on any atom is -0.478 e. The van der Waals surface area contributed by atoms with Crippen molar-refractivity contribution in [2.45, 2.75) is 6.42 Å². The summed E-state index contributed by atoms with van der Waals surface area (Å²) in [5, 5.41) is 13.9. The summed E-state index contributed by atoms with van der Waals surface area (Å²) in [6, 6.07) is 13.3. The fourth-order valence-electron chi connectivity index (χ4n) is 3.79. The van der Waals surface area contributed by atoms with Crippen molar-refractivity contribution in [2.24, 2.45) is 0 Å². The highest BCUT2D eigenvalue weighted by atomic mass is 16.4. The molecule has 27 heavy (non-hydrogen) atoms. The Morgan fingerprint density at radius 1 is 1.04 bits per heavy atom. The van der Waals surface area contributed by atoms with Crippen LogP contribution in [0.15, 0.2) is 42.5 Å². The predicted molar refractivity (Wildman–Crippen MR) is 105 cm³/mol. The number of rotatable bonds is 2. The van der Waals surface area contributed by atoms with E-state index in [-0.39, 0.29) is 5.56 Å². The first kappa shape index (κ1) is 16.0. The van der Waals surface area contributed by atoms with E-state index in [4.69, 9.17) is 4.98 Å². The smallest absolute Gasteiger partial charge is 0.339 e. The fraction of sp³-hybridized carbons (Fsp3) is 0.250. The average molecular weight is 361 g/mol. The maximum atomic E-state index is 11.8. The van der Waals surface area contributed by atoms with Crippen LogP contribution >= 0.6 is 0 Å². The molecule has 7 nitrogen and oxygen atoms in total. The second-order valence-electron chi connectivity index (χ2n) is 6.80. The second kappa shape index (κ2) is 6.21. The summed E-state index contributed by atoms with van der Waals surface area (Å²) in [5.74, 6) is -0.0757. The van der Waals surface area contributed by atoms with Crippen molar-refractivity contribution < 1.29 is 9.90 Å². The highest BCUT2D eigenvalue weighted by Crippen LogP contribution is 2.27. The molecule has 0 aliphatic carbocycles. The molecule has 0 spiro atoms. The number of carboxylic acids is 1. The number of pyridine rings is 2. The highest BCUT2D eigenvalue weighted by Gasteiger charge is 2.19. The van der Waals surface area contributed by atoms with Gasteiger partial charge in [0, 0.05) is 25.0 Å². The van der Waals surface area contributed by atoms with Crippen LogP contribution in [-0.2, 0) is 0 Å². The van der Waals surface area contributed by atoms with E-state index in [9.17, 15) is 9.90 Å². The topological polar surface area (TPSA) is 82.8 Å². The minimum absolute atomic E-state index is 0.187. The van der Waals surface area contributed by atoms with E-state index < -0.39 is 5.97 Å². The molecule has 1 aliphatic heterocycles. The monoisotopic (exact) mass is 361 g/mol. The lowest BCUT2D eigenvalue weighted by Gasteiger charge is -2.21. The lowest BCUT2D eigenvalue weighted by atomic mass is 10.2. The molecule has 0 amide bonds. The molecule has 0 atom stereocenters. The van der Waals surface area contributed by atoms with E-state index in [1.54, 1.807) is 6.07 Å². The lowest BCUT2D eigenvalue weighted by Crippen LogP contribution is -2.28. The van der Waals surface area contributed by atoms with Crippen LogP contribution in [0.2, 0.25) is 0 Å². The third-order valence-electron chi connectivity index (χ3n) is 5.10. The van der Waals surface area contributed by atoms with Crippen LogP contribution in [0.1, 0.15) is 16.8 Å². The number of nitrogens with one attached hydrogen (secondary N) is 1. The molecule has 0 radical (unpaired) electrons. The molecule has 4 aromatic rings. The van der Waals surface area contributed by atoms with Gasteiger partial charge in [-0.3, -0.25) is 4.40 Å². The number of imidazole rings is 1. The summed E-state index contributed by atoms with van der Waals surface area (Å²) in [7, 11) is 0. The SMILES string of the molecule is O=C(O)c1cc2ccc(N3CCCNCC3)nc2n2c1nc1ccccc12. The number of hydrogen-bond acceptors (Lipinski definition) is 5. The maximum absolute atomic E-state index is 11.8. The summed E-state index contributed by atoms with van der Waals surface area (Å²) < 4.78 is 1.87. The maximum Gasteiger partial charge on any atom is 0.339 e. The minimum atomic E-state index is -0.986. The lowest BCUT2D eigenvalue weighted by molar-refractivity contribution is 0.0698. The van der Waals surface area contributed by atoms with E-state index in [0.29, 0.717) is 5.65 Å². The van der Waals surface area contributed by atoms with E-state index in [2.05, 4.69) is 15.2 Å². The van der Waals surface area contributed by atoms with Gasteiger partial charge in [-0.1, -0.05) is 12.1 Å². The fourth-order valence-corrected chi connectivity index (χ4v) is 3.79. The molecule has 1 fully saturated rings. The molecular weight excluding hydrogens is 342 g/mol. The first-order chi connectivity index (χ1) is 13.2. The van der Waals surface area contributed by atoms with Gasteiger partial charge in [0.1, 0.15) is 17.0 Å². The zero-order valence-electron chi connectivity index (χ0n) is 14.7. The largest absolute Gasteiger partial charge is 0.478 e. The van der Waals surface area contributed by atoms with E-state index in [0.717, 1.165) is 60.5 Å². The Morgan fingerprint density at radius 3 is 2.81 bits per heavy atom. The number of benzene rings is 1. The van der Waals surface area contributed by atoms with Crippen LogP contribution < -0.4 is 10.2 Å². The summed E-state index contributed by atoms with van der Waals surface area (Å²) in [6.07, 6.45) is 1.07. The normalized spacial score (nSPS) is 15.5. The van der Waals surface area contributed by atoms with Gasteiger partial charge in [-0.05, 0) is 43.3 Å². The molecule has 1 saturated heterocycles. The molecule has 1 aromatic carbocycles. The Labute approximate surface area is 155 Å². The van der Waals surface area contributed by atoms with Gasteiger partial charge in [0.2, 0.25) is 0 Å². The zero-order chi connectivity index (χ0) is 18.4. The van der Waals surface area contributed by atoms with Gasteiger partial charge < -0.3 is 15.3 Å². The van der Waals surface area contributed by atoms with Crippen molar-refractivity contribution in [1.82, 2.24) is 19.7 Å². The van der Waals surface area contributed by atoms with E-state index >= 15 is 0 Å². The second-order valence-corrected chi connectivity index (χ2v) is 6.80. The Hall–Kier alpha value is -3.19. The van der Waals surface area contributed by atoms with Crippen molar-refractivity contribution in [3.63, 3.8) is 0 Å². The van der Waals surface area contributed by atoms with Crippen molar-refractivity contribution >= 4 is 39.5 Å². The number of anilines is 1. The molecule has 2 N–H and O–H groups in total. The Morgan fingerprint density at radius 2 is 1.93 bits per heavy atom. The standard InChI is InChI=1S/C20H19N5O2/c26-20(27)14-12-13-6-7-17(24-10-3-8-21-9-11-24)23-18(13)25-16-5-2-1-4-15(16)22-19(14)25/h1-2,4-7,12,21H,3,8-11H2,(H,26,27). The molecule has 4 heterocycles.